The summed E-state index contributed by atoms with van der Waals surface area (Å²) in [6.45, 7) is 2.92. The van der Waals surface area contributed by atoms with Crippen LogP contribution in [0.15, 0.2) is 30.6 Å². The van der Waals surface area contributed by atoms with Crippen molar-refractivity contribution in [2.75, 3.05) is 0 Å². The minimum atomic E-state index is -1.27. The van der Waals surface area contributed by atoms with Gasteiger partial charge in [0.05, 0.1) is 11.8 Å². The average molecular weight is 262 g/mol. The maximum absolute atomic E-state index is 13.3. The first-order valence-electron chi connectivity index (χ1n) is 6.17. The number of aryl methyl sites for hydroxylation is 1. The van der Waals surface area contributed by atoms with Crippen LogP contribution >= 0.6 is 0 Å². The van der Waals surface area contributed by atoms with E-state index in [0.717, 1.165) is 24.9 Å². The number of carboxylic acids is 1. The molecule has 0 aliphatic heterocycles. The molecule has 0 fully saturated rings. The Morgan fingerprint density at radius 1 is 1.42 bits per heavy atom. The van der Waals surface area contributed by atoms with E-state index in [4.69, 9.17) is 5.11 Å². The molecule has 0 unspecified atom stereocenters. The van der Waals surface area contributed by atoms with E-state index in [2.05, 4.69) is 12.0 Å². The Hall–Kier alpha value is -2.17. The lowest BCUT2D eigenvalue weighted by atomic mass is 10.1. The highest BCUT2D eigenvalue weighted by atomic mass is 19.1. The monoisotopic (exact) mass is 262 g/mol. The van der Waals surface area contributed by atoms with Gasteiger partial charge < -0.3 is 5.11 Å². The number of carboxylic acid groups (broad SMARTS) is 1. The maximum Gasteiger partial charge on any atom is 0.338 e. The van der Waals surface area contributed by atoms with E-state index < -0.39 is 11.8 Å². The molecule has 0 saturated heterocycles. The fourth-order valence-electron chi connectivity index (χ4n) is 1.82. The van der Waals surface area contributed by atoms with Crippen LogP contribution in [-0.4, -0.2) is 20.9 Å². The molecule has 0 spiro atoms. The van der Waals surface area contributed by atoms with Gasteiger partial charge in [-0.2, -0.15) is 5.10 Å². The molecule has 2 rings (SSSR count). The normalized spacial score (nSPS) is 10.6. The Bertz CT molecular complexity index is 593. The first kappa shape index (κ1) is 13.3. The van der Waals surface area contributed by atoms with Crippen molar-refractivity contribution in [3.05, 3.63) is 42.0 Å². The molecular formula is C14H15FN2O2. The zero-order valence-electron chi connectivity index (χ0n) is 10.6. The lowest BCUT2D eigenvalue weighted by Crippen LogP contribution is -2.00. The number of hydrogen-bond acceptors (Lipinski definition) is 2. The number of nitrogens with zero attached hydrogens (tertiary/aromatic N) is 2. The third kappa shape index (κ3) is 2.99. The van der Waals surface area contributed by atoms with Crippen LogP contribution in [0.3, 0.4) is 0 Å². The smallest absolute Gasteiger partial charge is 0.338 e. The molecule has 0 aliphatic rings. The van der Waals surface area contributed by atoms with Gasteiger partial charge in [-0.25, -0.2) is 9.18 Å². The Labute approximate surface area is 110 Å². The van der Waals surface area contributed by atoms with Crippen LogP contribution in [0.1, 0.15) is 30.1 Å². The zero-order chi connectivity index (χ0) is 13.8. The molecule has 0 amide bonds. The van der Waals surface area contributed by atoms with Crippen molar-refractivity contribution in [1.82, 2.24) is 9.78 Å². The predicted octanol–water partition coefficient (Wildman–Crippen LogP) is 3.19. The zero-order valence-corrected chi connectivity index (χ0v) is 10.6. The fourth-order valence-corrected chi connectivity index (χ4v) is 1.82. The predicted molar refractivity (Wildman–Crippen MR) is 69.5 cm³/mol. The number of hydrogen-bond donors (Lipinski definition) is 1. The number of rotatable bonds is 5. The number of aromatic carboxylic acids is 1. The van der Waals surface area contributed by atoms with E-state index in [1.807, 2.05) is 10.9 Å². The van der Waals surface area contributed by atoms with Crippen molar-refractivity contribution < 1.29 is 14.3 Å². The number of aromatic nitrogens is 2. The Balaban J connectivity index is 2.29. The number of halogens is 1. The van der Waals surface area contributed by atoms with Crippen LogP contribution < -0.4 is 0 Å². The summed E-state index contributed by atoms with van der Waals surface area (Å²) in [5.41, 5.74) is 1.12. The van der Waals surface area contributed by atoms with E-state index in [1.165, 1.54) is 12.1 Å². The highest BCUT2D eigenvalue weighted by molar-refractivity contribution is 5.89. The van der Waals surface area contributed by atoms with Crippen LogP contribution in [0, 0.1) is 5.82 Å². The van der Waals surface area contributed by atoms with Crippen molar-refractivity contribution in [3.63, 3.8) is 0 Å². The number of benzene rings is 1. The third-order valence-electron chi connectivity index (χ3n) is 2.90. The molecule has 5 heteroatoms. The van der Waals surface area contributed by atoms with E-state index in [-0.39, 0.29) is 5.56 Å². The van der Waals surface area contributed by atoms with E-state index >= 15 is 0 Å². The van der Waals surface area contributed by atoms with Crippen molar-refractivity contribution in [2.45, 2.75) is 26.3 Å². The molecule has 4 nitrogen and oxygen atoms in total. The van der Waals surface area contributed by atoms with Crippen LogP contribution in [0.25, 0.3) is 11.1 Å². The fraction of sp³-hybridized carbons (Fsp3) is 0.286. The highest BCUT2D eigenvalue weighted by Crippen LogP contribution is 2.21. The Morgan fingerprint density at radius 2 is 2.21 bits per heavy atom. The van der Waals surface area contributed by atoms with Crippen LogP contribution in [0.4, 0.5) is 4.39 Å². The summed E-state index contributed by atoms with van der Waals surface area (Å²) in [5.74, 6) is -1.99. The summed E-state index contributed by atoms with van der Waals surface area (Å²) in [5, 5.41) is 13.1. The van der Waals surface area contributed by atoms with E-state index in [1.54, 1.807) is 12.3 Å². The lowest BCUT2D eigenvalue weighted by molar-refractivity contribution is 0.0692. The lowest BCUT2D eigenvalue weighted by Gasteiger charge is -2.01. The molecule has 19 heavy (non-hydrogen) atoms. The van der Waals surface area contributed by atoms with Crippen LogP contribution in [0.2, 0.25) is 0 Å². The molecule has 1 heterocycles. The SMILES string of the molecule is CCCCn1cc(-c2ccc(F)c(C(=O)O)c2)cn1. The van der Waals surface area contributed by atoms with Gasteiger partial charge in [-0.3, -0.25) is 4.68 Å². The largest absolute Gasteiger partial charge is 0.478 e. The van der Waals surface area contributed by atoms with Gasteiger partial charge in [-0.15, -0.1) is 0 Å². The van der Waals surface area contributed by atoms with E-state index in [0.29, 0.717) is 5.56 Å². The van der Waals surface area contributed by atoms with E-state index in [9.17, 15) is 9.18 Å². The summed E-state index contributed by atoms with van der Waals surface area (Å²) < 4.78 is 15.1. The van der Waals surface area contributed by atoms with Gasteiger partial charge in [-0.05, 0) is 24.1 Å². The molecule has 1 N–H and O–H groups in total. The second-order valence-corrected chi connectivity index (χ2v) is 4.35. The standard InChI is InChI=1S/C14H15FN2O2/c1-2-3-6-17-9-11(8-16-17)10-4-5-13(15)12(7-10)14(18)19/h4-5,7-9H,2-3,6H2,1H3,(H,18,19). The van der Waals surface area contributed by atoms with Gasteiger partial charge in [0.25, 0.3) is 0 Å². The molecule has 0 radical (unpaired) electrons. The molecule has 0 aliphatic carbocycles. The first-order chi connectivity index (χ1) is 9.11. The minimum Gasteiger partial charge on any atom is -0.478 e. The van der Waals surface area contributed by atoms with Gasteiger partial charge in [0.2, 0.25) is 0 Å². The van der Waals surface area contributed by atoms with Crippen molar-refractivity contribution in [3.8, 4) is 11.1 Å². The number of carbonyl (C=O) groups is 1. The van der Waals surface area contributed by atoms with Gasteiger partial charge in [0, 0.05) is 18.3 Å². The van der Waals surface area contributed by atoms with Crippen LogP contribution in [-0.2, 0) is 6.54 Å². The van der Waals surface area contributed by atoms with Crippen molar-refractivity contribution in [1.29, 1.82) is 0 Å². The summed E-state index contributed by atoms with van der Waals surface area (Å²) in [7, 11) is 0. The van der Waals surface area contributed by atoms with Gasteiger partial charge in [-0.1, -0.05) is 19.4 Å². The first-order valence-corrected chi connectivity index (χ1v) is 6.17. The molecule has 0 saturated carbocycles. The third-order valence-corrected chi connectivity index (χ3v) is 2.90. The van der Waals surface area contributed by atoms with Crippen LogP contribution in [0.5, 0.6) is 0 Å². The second kappa shape index (κ2) is 5.65. The molecule has 0 atom stereocenters. The minimum absolute atomic E-state index is 0.321. The molecule has 2 aromatic rings. The molecule has 1 aromatic carbocycles. The molecule has 1 aromatic heterocycles. The molecule has 100 valence electrons. The van der Waals surface area contributed by atoms with Gasteiger partial charge in [0.15, 0.2) is 0 Å². The summed E-state index contributed by atoms with van der Waals surface area (Å²) in [6, 6.07) is 4.06. The van der Waals surface area contributed by atoms with Gasteiger partial charge >= 0.3 is 5.97 Å². The molecular weight excluding hydrogens is 247 g/mol. The quantitative estimate of drug-likeness (QED) is 0.900. The van der Waals surface area contributed by atoms with Gasteiger partial charge in [0.1, 0.15) is 5.82 Å². The topological polar surface area (TPSA) is 55.1 Å². The Kier molecular flexibility index (Phi) is 3.94. The van der Waals surface area contributed by atoms with Crippen molar-refractivity contribution in [2.24, 2.45) is 0 Å². The summed E-state index contributed by atoms with van der Waals surface area (Å²) in [4.78, 5) is 10.9. The average Bonchev–Trinajstić information content (AvgIpc) is 2.85. The maximum atomic E-state index is 13.3. The summed E-state index contributed by atoms with van der Waals surface area (Å²) in [6.07, 6.45) is 5.61. The second-order valence-electron chi connectivity index (χ2n) is 4.35. The number of unbranched alkanes of at least 4 members (excludes halogenated alkanes) is 1. The molecule has 0 bridgehead atoms. The highest BCUT2D eigenvalue weighted by Gasteiger charge is 2.12. The Morgan fingerprint density at radius 3 is 2.89 bits per heavy atom. The van der Waals surface area contributed by atoms with Crippen molar-refractivity contribution >= 4 is 5.97 Å². The summed E-state index contributed by atoms with van der Waals surface area (Å²) >= 11 is 0.